The lowest BCUT2D eigenvalue weighted by molar-refractivity contribution is 0.0169. The Morgan fingerprint density at radius 1 is 1.07 bits per heavy atom. The molecular formula is C13H17BrO. The average molecular weight is 269 g/mol. The maximum absolute atomic E-state index is 5.89. The van der Waals surface area contributed by atoms with Crippen LogP contribution in [0.3, 0.4) is 0 Å². The number of benzene rings is 1. The predicted molar refractivity (Wildman–Crippen MR) is 65.8 cm³/mol. The molecule has 0 spiro atoms. The van der Waals surface area contributed by atoms with Crippen molar-refractivity contribution in [2.24, 2.45) is 0 Å². The predicted octanol–water partition coefficient (Wildman–Crippen LogP) is 4.30. The third kappa shape index (κ3) is 3.62. The molecule has 0 aromatic heterocycles. The highest BCUT2D eigenvalue weighted by molar-refractivity contribution is 9.10. The Morgan fingerprint density at radius 3 is 2.40 bits per heavy atom. The average Bonchev–Trinajstić information content (AvgIpc) is 2.30. The van der Waals surface area contributed by atoms with Crippen LogP contribution in [0.4, 0.5) is 0 Å². The molecule has 1 aromatic rings. The second-order valence-electron chi connectivity index (χ2n) is 4.20. The Hall–Kier alpha value is -0.340. The Kier molecular flexibility index (Phi) is 4.21. The molecule has 1 saturated carbocycles. The van der Waals surface area contributed by atoms with Gasteiger partial charge in [0, 0.05) is 4.47 Å². The molecule has 0 aliphatic heterocycles. The minimum absolute atomic E-state index is 0.502. The first-order chi connectivity index (χ1) is 7.34. The van der Waals surface area contributed by atoms with Crippen molar-refractivity contribution in [3.05, 3.63) is 34.3 Å². The molecule has 2 heteroatoms. The summed E-state index contributed by atoms with van der Waals surface area (Å²) in [5.74, 6) is 0. The Balaban J connectivity index is 1.79. The van der Waals surface area contributed by atoms with Crippen LogP contribution in [0.1, 0.15) is 37.7 Å². The normalized spacial score (nSPS) is 17.9. The molecule has 0 saturated heterocycles. The van der Waals surface area contributed by atoms with Crippen molar-refractivity contribution in [3.63, 3.8) is 0 Å². The molecule has 1 aliphatic carbocycles. The first-order valence-electron chi connectivity index (χ1n) is 5.70. The fraction of sp³-hybridized carbons (Fsp3) is 0.538. The summed E-state index contributed by atoms with van der Waals surface area (Å²) in [7, 11) is 0. The van der Waals surface area contributed by atoms with Gasteiger partial charge in [0.15, 0.2) is 0 Å². The second kappa shape index (κ2) is 5.66. The smallest absolute Gasteiger partial charge is 0.0720 e. The van der Waals surface area contributed by atoms with Gasteiger partial charge in [-0.25, -0.2) is 0 Å². The molecule has 0 N–H and O–H groups in total. The molecule has 0 heterocycles. The highest BCUT2D eigenvalue weighted by Crippen LogP contribution is 2.21. The molecule has 2 rings (SSSR count). The van der Waals surface area contributed by atoms with E-state index < -0.39 is 0 Å². The molecule has 15 heavy (non-hydrogen) atoms. The van der Waals surface area contributed by atoms with Crippen LogP contribution in [0.5, 0.6) is 0 Å². The fourth-order valence-electron chi connectivity index (χ4n) is 2.03. The minimum Gasteiger partial charge on any atom is -0.374 e. The maximum Gasteiger partial charge on any atom is 0.0720 e. The van der Waals surface area contributed by atoms with E-state index in [0.717, 1.165) is 11.1 Å². The van der Waals surface area contributed by atoms with E-state index in [1.165, 1.54) is 37.7 Å². The number of halogens is 1. The zero-order valence-corrected chi connectivity index (χ0v) is 10.5. The van der Waals surface area contributed by atoms with Crippen molar-refractivity contribution < 1.29 is 4.74 Å². The van der Waals surface area contributed by atoms with Gasteiger partial charge in [-0.3, -0.25) is 0 Å². The summed E-state index contributed by atoms with van der Waals surface area (Å²) in [4.78, 5) is 0. The summed E-state index contributed by atoms with van der Waals surface area (Å²) < 4.78 is 7.02. The van der Waals surface area contributed by atoms with E-state index >= 15 is 0 Å². The topological polar surface area (TPSA) is 9.23 Å². The highest BCUT2D eigenvalue weighted by atomic mass is 79.9. The molecule has 1 aliphatic rings. The van der Waals surface area contributed by atoms with Gasteiger partial charge in [0.05, 0.1) is 12.7 Å². The quantitative estimate of drug-likeness (QED) is 0.795. The highest BCUT2D eigenvalue weighted by Gasteiger charge is 2.13. The monoisotopic (exact) mass is 268 g/mol. The van der Waals surface area contributed by atoms with Crippen LogP contribution >= 0.6 is 15.9 Å². The zero-order chi connectivity index (χ0) is 10.5. The summed E-state index contributed by atoms with van der Waals surface area (Å²) in [5.41, 5.74) is 1.27. The molecular weight excluding hydrogens is 252 g/mol. The van der Waals surface area contributed by atoms with E-state index in [4.69, 9.17) is 4.74 Å². The Morgan fingerprint density at radius 2 is 1.73 bits per heavy atom. The zero-order valence-electron chi connectivity index (χ0n) is 8.92. The van der Waals surface area contributed by atoms with Crippen LogP contribution in [-0.2, 0) is 11.3 Å². The van der Waals surface area contributed by atoms with E-state index in [1.807, 2.05) is 0 Å². The second-order valence-corrected chi connectivity index (χ2v) is 5.11. The lowest BCUT2D eigenvalue weighted by atomic mass is 9.98. The van der Waals surface area contributed by atoms with Crippen molar-refractivity contribution in [1.82, 2.24) is 0 Å². The van der Waals surface area contributed by atoms with Crippen LogP contribution in [0, 0.1) is 0 Å². The fourth-order valence-corrected chi connectivity index (χ4v) is 2.29. The standard InChI is InChI=1S/C13H17BrO/c14-12-8-6-11(7-9-12)10-15-13-4-2-1-3-5-13/h6-9,13H,1-5,10H2. The Labute approximate surface area is 100.0 Å². The third-order valence-corrected chi connectivity index (χ3v) is 3.48. The summed E-state index contributed by atoms with van der Waals surface area (Å²) in [5, 5.41) is 0. The van der Waals surface area contributed by atoms with Crippen molar-refractivity contribution >= 4 is 15.9 Å². The molecule has 1 aromatic carbocycles. The van der Waals surface area contributed by atoms with Gasteiger partial charge in [0.2, 0.25) is 0 Å². The van der Waals surface area contributed by atoms with Gasteiger partial charge in [-0.1, -0.05) is 47.3 Å². The molecule has 82 valence electrons. The maximum atomic E-state index is 5.89. The SMILES string of the molecule is Brc1ccc(COC2CCCCC2)cc1. The summed E-state index contributed by atoms with van der Waals surface area (Å²) >= 11 is 3.43. The Bertz CT molecular complexity index is 288. The molecule has 0 unspecified atom stereocenters. The first kappa shape index (κ1) is 11.2. The third-order valence-electron chi connectivity index (χ3n) is 2.95. The van der Waals surface area contributed by atoms with Gasteiger partial charge >= 0.3 is 0 Å². The molecule has 1 nitrogen and oxygen atoms in total. The summed E-state index contributed by atoms with van der Waals surface area (Å²) in [6.45, 7) is 0.762. The van der Waals surface area contributed by atoms with Gasteiger partial charge in [-0.15, -0.1) is 0 Å². The van der Waals surface area contributed by atoms with Crippen molar-refractivity contribution in [3.8, 4) is 0 Å². The van der Waals surface area contributed by atoms with Gasteiger partial charge < -0.3 is 4.74 Å². The van der Waals surface area contributed by atoms with E-state index in [9.17, 15) is 0 Å². The van der Waals surface area contributed by atoms with Crippen molar-refractivity contribution in [2.75, 3.05) is 0 Å². The van der Waals surface area contributed by atoms with E-state index in [1.54, 1.807) is 0 Å². The van der Waals surface area contributed by atoms with E-state index in [2.05, 4.69) is 40.2 Å². The molecule has 1 fully saturated rings. The van der Waals surface area contributed by atoms with Crippen LogP contribution < -0.4 is 0 Å². The largest absolute Gasteiger partial charge is 0.374 e. The molecule has 0 atom stereocenters. The van der Waals surface area contributed by atoms with Crippen LogP contribution in [0.15, 0.2) is 28.7 Å². The molecule has 0 bridgehead atoms. The lowest BCUT2D eigenvalue weighted by Gasteiger charge is -2.21. The van der Waals surface area contributed by atoms with Gasteiger partial charge in [0.1, 0.15) is 0 Å². The van der Waals surface area contributed by atoms with Crippen molar-refractivity contribution in [2.45, 2.75) is 44.8 Å². The lowest BCUT2D eigenvalue weighted by Crippen LogP contribution is -2.16. The van der Waals surface area contributed by atoms with Crippen LogP contribution in [0.25, 0.3) is 0 Å². The molecule has 0 radical (unpaired) electrons. The summed E-state index contributed by atoms with van der Waals surface area (Å²) in [6, 6.07) is 8.37. The number of hydrogen-bond donors (Lipinski definition) is 0. The number of hydrogen-bond acceptors (Lipinski definition) is 1. The van der Waals surface area contributed by atoms with Gasteiger partial charge in [0.25, 0.3) is 0 Å². The number of rotatable bonds is 3. The van der Waals surface area contributed by atoms with Crippen LogP contribution in [-0.4, -0.2) is 6.10 Å². The van der Waals surface area contributed by atoms with Crippen molar-refractivity contribution in [1.29, 1.82) is 0 Å². The van der Waals surface area contributed by atoms with E-state index in [-0.39, 0.29) is 0 Å². The van der Waals surface area contributed by atoms with E-state index in [0.29, 0.717) is 6.10 Å². The van der Waals surface area contributed by atoms with Crippen LogP contribution in [0.2, 0.25) is 0 Å². The van der Waals surface area contributed by atoms with Gasteiger partial charge in [-0.2, -0.15) is 0 Å². The minimum atomic E-state index is 0.502. The van der Waals surface area contributed by atoms with Gasteiger partial charge in [-0.05, 0) is 30.5 Å². The number of ether oxygens (including phenoxy) is 1. The summed E-state index contributed by atoms with van der Waals surface area (Å²) in [6.07, 6.45) is 7.06. The molecule has 0 amide bonds. The first-order valence-corrected chi connectivity index (χ1v) is 6.50.